The molecule has 1 N–H and O–H groups in total. The van der Waals surface area contributed by atoms with Crippen molar-refractivity contribution in [2.24, 2.45) is 0 Å². The monoisotopic (exact) mass is 349 g/mol. The van der Waals surface area contributed by atoms with Crippen molar-refractivity contribution in [3.05, 3.63) is 60.3 Å². The van der Waals surface area contributed by atoms with Crippen LogP contribution in [0.5, 0.6) is 0 Å². The third kappa shape index (κ3) is 3.60. The van der Waals surface area contributed by atoms with Crippen LogP contribution in [0.4, 0.5) is 5.69 Å². The van der Waals surface area contributed by atoms with E-state index in [1.54, 1.807) is 6.20 Å². The van der Waals surface area contributed by atoms with Crippen LogP contribution in [0.1, 0.15) is 30.5 Å². The quantitative estimate of drug-likeness (QED) is 0.786. The number of fused-ring (bicyclic) bond motifs is 1. The van der Waals surface area contributed by atoms with Crippen molar-refractivity contribution < 1.29 is 4.79 Å². The van der Waals surface area contributed by atoms with E-state index in [1.165, 1.54) is 0 Å². The smallest absolute Gasteiger partial charge is 0.241 e. The first-order valence-corrected chi connectivity index (χ1v) is 9.08. The molecule has 1 saturated heterocycles. The summed E-state index contributed by atoms with van der Waals surface area (Å²) in [7, 11) is 0. The maximum atomic E-state index is 12.9. The highest BCUT2D eigenvalue weighted by Gasteiger charge is 2.28. The number of carbonyl (C=O) groups excluding carboxylic acids is 1. The molecule has 1 amide bonds. The fourth-order valence-corrected chi connectivity index (χ4v) is 3.62. The topological polar surface area (TPSA) is 62.5 Å². The van der Waals surface area contributed by atoms with E-state index < -0.39 is 0 Å². The number of anilines is 1. The molecular formula is C20H23N5O. The van der Waals surface area contributed by atoms with Crippen molar-refractivity contribution in [1.29, 1.82) is 0 Å². The van der Waals surface area contributed by atoms with Gasteiger partial charge in [0.1, 0.15) is 5.65 Å². The Labute approximate surface area is 152 Å². The molecular weight excluding hydrogens is 326 g/mol. The molecule has 1 fully saturated rings. The number of rotatable bonds is 4. The Kier molecular flexibility index (Phi) is 4.67. The van der Waals surface area contributed by atoms with Gasteiger partial charge in [0.05, 0.1) is 17.4 Å². The molecule has 0 aliphatic carbocycles. The molecule has 4 heterocycles. The second-order valence-corrected chi connectivity index (χ2v) is 6.90. The predicted molar refractivity (Wildman–Crippen MR) is 101 cm³/mol. The van der Waals surface area contributed by atoms with E-state index >= 15 is 0 Å². The minimum atomic E-state index is -0.107. The summed E-state index contributed by atoms with van der Waals surface area (Å²) in [5.74, 6) is 0.0600. The van der Waals surface area contributed by atoms with Gasteiger partial charge in [0, 0.05) is 31.3 Å². The summed E-state index contributed by atoms with van der Waals surface area (Å²) in [6, 6.07) is 7.73. The van der Waals surface area contributed by atoms with Gasteiger partial charge in [-0.3, -0.25) is 14.7 Å². The van der Waals surface area contributed by atoms with Crippen LogP contribution < -0.4 is 5.32 Å². The van der Waals surface area contributed by atoms with Gasteiger partial charge in [-0.25, -0.2) is 4.98 Å². The molecule has 0 unspecified atom stereocenters. The summed E-state index contributed by atoms with van der Waals surface area (Å²) < 4.78 is 1.94. The SMILES string of the molecule is Cc1cn2cc(NC(=O)[C@@H]3CCCCN3Cc3cccnc3)ccc2n1. The minimum absolute atomic E-state index is 0.0600. The zero-order chi connectivity index (χ0) is 17.9. The van der Waals surface area contributed by atoms with Gasteiger partial charge in [-0.1, -0.05) is 12.5 Å². The van der Waals surface area contributed by atoms with E-state index in [-0.39, 0.29) is 11.9 Å². The van der Waals surface area contributed by atoms with Gasteiger partial charge in [0.15, 0.2) is 0 Å². The Balaban J connectivity index is 1.48. The fourth-order valence-electron chi connectivity index (χ4n) is 3.62. The molecule has 134 valence electrons. The van der Waals surface area contributed by atoms with Gasteiger partial charge in [0.2, 0.25) is 5.91 Å². The molecule has 0 spiro atoms. The number of pyridine rings is 2. The number of piperidine rings is 1. The Morgan fingerprint density at radius 2 is 2.19 bits per heavy atom. The van der Waals surface area contributed by atoms with Crippen LogP contribution in [-0.4, -0.2) is 37.8 Å². The second kappa shape index (κ2) is 7.25. The number of amides is 1. The van der Waals surface area contributed by atoms with Crippen LogP contribution in [-0.2, 0) is 11.3 Å². The highest BCUT2D eigenvalue weighted by molar-refractivity contribution is 5.94. The zero-order valence-corrected chi connectivity index (χ0v) is 14.9. The Hall–Kier alpha value is -2.73. The second-order valence-electron chi connectivity index (χ2n) is 6.90. The summed E-state index contributed by atoms with van der Waals surface area (Å²) in [5.41, 5.74) is 3.79. The molecule has 6 nitrogen and oxygen atoms in total. The van der Waals surface area contributed by atoms with Crippen molar-refractivity contribution in [3.8, 4) is 0 Å². The number of aryl methyl sites for hydroxylation is 1. The summed E-state index contributed by atoms with van der Waals surface area (Å²) in [4.78, 5) is 23.8. The third-order valence-electron chi connectivity index (χ3n) is 4.86. The molecule has 26 heavy (non-hydrogen) atoms. The molecule has 1 aliphatic rings. The standard InChI is InChI=1S/C20H23N5O/c1-15-12-25-14-17(7-8-19(25)22-15)23-20(26)18-6-2-3-10-24(18)13-16-5-4-9-21-11-16/h4-5,7-9,11-12,14,18H,2-3,6,10,13H2,1H3,(H,23,26)/t18-/m0/s1. The first kappa shape index (κ1) is 16.7. The number of carbonyl (C=O) groups is 1. The molecule has 4 rings (SSSR count). The average Bonchev–Trinajstić information content (AvgIpc) is 3.02. The molecule has 1 atom stereocenters. The van der Waals surface area contributed by atoms with Crippen LogP contribution in [0, 0.1) is 6.92 Å². The van der Waals surface area contributed by atoms with Gasteiger partial charge < -0.3 is 9.72 Å². The van der Waals surface area contributed by atoms with Crippen LogP contribution in [0.3, 0.4) is 0 Å². The highest BCUT2D eigenvalue weighted by atomic mass is 16.2. The minimum Gasteiger partial charge on any atom is -0.323 e. The lowest BCUT2D eigenvalue weighted by molar-refractivity contribution is -0.122. The molecule has 0 saturated carbocycles. The van der Waals surface area contributed by atoms with E-state index in [4.69, 9.17) is 0 Å². The third-order valence-corrected chi connectivity index (χ3v) is 4.86. The fraction of sp³-hybridized carbons (Fsp3) is 0.350. The van der Waals surface area contributed by atoms with E-state index in [0.29, 0.717) is 0 Å². The number of aromatic nitrogens is 3. The van der Waals surface area contributed by atoms with Crippen molar-refractivity contribution in [2.75, 3.05) is 11.9 Å². The Bertz CT molecular complexity index is 905. The first-order valence-electron chi connectivity index (χ1n) is 9.08. The van der Waals surface area contributed by atoms with Crippen molar-refractivity contribution in [1.82, 2.24) is 19.3 Å². The number of nitrogens with zero attached hydrogens (tertiary/aromatic N) is 4. The van der Waals surface area contributed by atoms with Crippen LogP contribution in [0.2, 0.25) is 0 Å². The molecule has 0 aromatic carbocycles. The van der Waals surface area contributed by atoms with Gasteiger partial charge in [0.25, 0.3) is 0 Å². The van der Waals surface area contributed by atoms with Gasteiger partial charge in [-0.05, 0) is 50.1 Å². The normalized spacial score (nSPS) is 18.1. The maximum Gasteiger partial charge on any atom is 0.241 e. The van der Waals surface area contributed by atoms with Gasteiger partial charge in [-0.2, -0.15) is 0 Å². The summed E-state index contributed by atoms with van der Waals surface area (Å²) in [6.45, 7) is 3.65. The molecule has 1 aliphatic heterocycles. The molecule has 3 aromatic heterocycles. The average molecular weight is 349 g/mol. The Morgan fingerprint density at radius 3 is 3.04 bits per heavy atom. The lowest BCUT2D eigenvalue weighted by atomic mass is 10.0. The molecule has 6 heteroatoms. The number of likely N-dealkylation sites (tertiary alicyclic amines) is 1. The lowest BCUT2D eigenvalue weighted by Gasteiger charge is -2.34. The van der Waals surface area contributed by atoms with Crippen molar-refractivity contribution >= 4 is 17.2 Å². The largest absolute Gasteiger partial charge is 0.323 e. The molecule has 0 radical (unpaired) electrons. The van der Waals surface area contributed by atoms with E-state index in [9.17, 15) is 4.79 Å². The van der Waals surface area contributed by atoms with E-state index in [2.05, 4.69) is 26.3 Å². The summed E-state index contributed by atoms with van der Waals surface area (Å²) >= 11 is 0. The van der Waals surface area contributed by atoms with Crippen LogP contribution >= 0.6 is 0 Å². The predicted octanol–water partition coefficient (Wildman–Crippen LogP) is 3.03. The number of hydrogen-bond acceptors (Lipinski definition) is 4. The number of hydrogen-bond donors (Lipinski definition) is 1. The Morgan fingerprint density at radius 1 is 1.27 bits per heavy atom. The van der Waals surface area contributed by atoms with E-state index in [0.717, 1.165) is 54.9 Å². The number of nitrogens with one attached hydrogen (secondary N) is 1. The lowest BCUT2D eigenvalue weighted by Crippen LogP contribution is -2.46. The number of imidazole rings is 1. The maximum absolute atomic E-state index is 12.9. The first-order chi connectivity index (χ1) is 12.7. The van der Waals surface area contributed by atoms with Crippen LogP contribution in [0.25, 0.3) is 5.65 Å². The van der Waals surface area contributed by atoms with E-state index in [1.807, 2.05) is 48.1 Å². The summed E-state index contributed by atoms with van der Waals surface area (Å²) in [6.07, 6.45) is 10.6. The zero-order valence-electron chi connectivity index (χ0n) is 14.9. The van der Waals surface area contributed by atoms with Gasteiger partial charge >= 0.3 is 0 Å². The van der Waals surface area contributed by atoms with Gasteiger partial charge in [-0.15, -0.1) is 0 Å². The highest BCUT2D eigenvalue weighted by Crippen LogP contribution is 2.21. The van der Waals surface area contributed by atoms with Crippen molar-refractivity contribution in [3.63, 3.8) is 0 Å². The van der Waals surface area contributed by atoms with Crippen LogP contribution in [0.15, 0.2) is 49.1 Å². The molecule has 0 bridgehead atoms. The van der Waals surface area contributed by atoms with Crippen molar-refractivity contribution in [2.45, 2.75) is 38.8 Å². The summed E-state index contributed by atoms with van der Waals surface area (Å²) in [5, 5.41) is 3.08. The molecule has 3 aromatic rings.